The van der Waals surface area contributed by atoms with Gasteiger partial charge in [-0.15, -0.1) is 0 Å². The topological polar surface area (TPSA) is 149 Å². The molecule has 0 saturated carbocycles. The maximum Gasteiger partial charge on any atom is 0.439 e. The Labute approximate surface area is 148 Å². The van der Waals surface area contributed by atoms with Gasteiger partial charge >= 0.3 is 42.6 Å². The van der Waals surface area contributed by atoms with Gasteiger partial charge < -0.3 is 10.2 Å². The molecule has 0 aromatic heterocycles. The number of halogens is 8. The zero-order valence-corrected chi connectivity index (χ0v) is 15.0. The van der Waals surface area contributed by atoms with Crippen molar-refractivity contribution >= 4 is 20.2 Å². The van der Waals surface area contributed by atoms with Crippen LogP contribution >= 0.6 is 0 Å². The molecule has 0 spiro atoms. The Kier molecular flexibility index (Phi) is 11.6. The predicted molar refractivity (Wildman–Crippen MR) is 73.0 cm³/mol. The van der Waals surface area contributed by atoms with E-state index in [0.717, 1.165) is 0 Å². The molecule has 2 atom stereocenters. The van der Waals surface area contributed by atoms with Gasteiger partial charge in [0.25, 0.3) is 0 Å². The maximum absolute atomic E-state index is 12.1. The van der Waals surface area contributed by atoms with E-state index in [1.807, 2.05) is 0 Å². The van der Waals surface area contributed by atoms with Crippen LogP contribution in [-0.2, 0) is 20.2 Å². The molecular formula is C9H16F8O8S2. The van der Waals surface area contributed by atoms with E-state index in [9.17, 15) is 52.0 Å². The number of rotatable bonds is 4. The fraction of sp³-hybridized carbons (Fsp3) is 1.00. The summed E-state index contributed by atoms with van der Waals surface area (Å²) in [6, 6.07) is 0. The molecule has 0 amide bonds. The highest BCUT2D eigenvalue weighted by molar-refractivity contribution is 7.87. The van der Waals surface area contributed by atoms with Crippen molar-refractivity contribution in [1.29, 1.82) is 0 Å². The van der Waals surface area contributed by atoms with E-state index in [-0.39, 0.29) is 27.1 Å². The van der Waals surface area contributed by atoms with Gasteiger partial charge in [-0.25, -0.2) is 8.78 Å². The summed E-state index contributed by atoms with van der Waals surface area (Å²) in [6.07, 6.45) is -10.7. The molecule has 0 aliphatic heterocycles. The summed E-state index contributed by atoms with van der Waals surface area (Å²) >= 11 is 0. The molecule has 18 heteroatoms. The van der Waals surface area contributed by atoms with Gasteiger partial charge in [0.1, 0.15) is 0 Å². The van der Waals surface area contributed by atoms with Crippen LogP contribution < -0.4 is 0 Å². The third-order valence-electron chi connectivity index (χ3n) is 2.30. The predicted octanol–water partition coefficient (Wildman–Crippen LogP) is 1.61. The number of aliphatic hydroxyl groups is 2. The highest BCUT2D eigenvalue weighted by Gasteiger charge is 2.62. The molecule has 0 rings (SSSR count). The van der Waals surface area contributed by atoms with Gasteiger partial charge in [0.2, 0.25) is 0 Å². The molecule has 0 radical (unpaired) electrons. The molecule has 0 aromatic carbocycles. The Morgan fingerprint density at radius 1 is 0.630 bits per heavy atom. The summed E-state index contributed by atoms with van der Waals surface area (Å²) in [4.78, 5) is 0. The first-order valence-electron chi connectivity index (χ1n) is 6.08. The second-order valence-electron chi connectivity index (χ2n) is 4.58. The van der Waals surface area contributed by atoms with E-state index in [4.69, 9.17) is 19.3 Å². The van der Waals surface area contributed by atoms with Gasteiger partial charge in [0, 0.05) is 13.2 Å². The van der Waals surface area contributed by atoms with Crippen LogP contribution in [0, 0.1) is 0 Å². The summed E-state index contributed by atoms with van der Waals surface area (Å²) in [7, 11) is -11.5. The van der Waals surface area contributed by atoms with E-state index >= 15 is 0 Å². The van der Waals surface area contributed by atoms with Gasteiger partial charge in [-0.1, -0.05) is 0 Å². The van der Waals surface area contributed by atoms with E-state index in [0.29, 0.717) is 6.42 Å². The van der Waals surface area contributed by atoms with Crippen molar-refractivity contribution in [2.45, 2.75) is 42.6 Å². The fourth-order valence-electron chi connectivity index (χ4n) is 0.363. The normalized spacial score (nSPS) is 17.4. The molecule has 8 nitrogen and oxygen atoms in total. The molecule has 0 fully saturated rings. The molecule has 0 aliphatic rings. The van der Waals surface area contributed by atoms with Crippen LogP contribution in [-0.4, -0.2) is 71.7 Å². The largest absolute Gasteiger partial charge is 0.439 e. The third-order valence-corrected chi connectivity index (χ3v) is 4.70. The standard InChI is InChI=1S/2C3H4F4O3S.C3H8O2/c2*1-2(4,3(5,6)7)11(8,9)10;4-2-1-3-5/h2*1H3,(H,8,9,10);4-5H,1-3H2. The Morgan fingerprint density at radius 2 is 0.815 bits per heavy atom. The molecule has 4 N–H and O–H groups in total. The van der Waals surface area contributed by atoms with Crippen molar-refractivity contribution in [3.8, 4) is 0 Å². The average molecular weight is 468 g/mol. The van der Waals surface area contributed by atoms with Crippen molar-refractivity contribution in [1.82, 2.24) is 0 Å². The van der Waals surface area contributed by atoms with Crippen molar-refractivity contribution in [3.05, 3.63) is 0 Å². The zero-order chi connectivity index (χ0) is 23.1. The van der Waals surface area contributed by atoms with Crippen LogP contribution in [0.15, 0.2) is 0 Å². The fourth-order valence-corrected chi connectivity index (χ4v) is 0.948. The summed E-state index contributed by atoms with van der Waals surface area (Å²) < 4.78 is 147. The van der Waals surface area contributed by atoms with Gasteiger partial charge in [-0.3, -0.25) is 9.11 Å². The highest BCUT2D eigenvalue weighted by Crippen LogP contribution is 2.37. The lowest BCUT2D eigenvalue weighted by Crippen LogP contribution is -2.44. The van der Waals surface area contributed by atoms with E-state index < -0.39 is 42.6 Å². The van der Waals surface area contributed by atoms with Crippen LogP contribution in [0.4, 0.5) is 35.1 Å². The van der Waals surface area contributed by atoms with Crippen LogP contribution in [0.3, 0.4) is 0 Å². The Balaban J connectivity index is -0.000000344. The van der Waals surface area contributed by atoms with Crippen LogP contribution in [0.2, 0.25) is 0 Å². The Bertz CT molecular complexity index is 580. The van der Waals surface area contributed by atoms with Crippen molar-refractivity contribution < 1.29 is 71.3 Å². The minimum absolute atomic E-state index is 0.0938. The van der Waals surface area contributed by atoms with E-state index in [1.54, 1.807) is 0 Å². The summed E-state index contributed by atoms with van der Waals surface area (Å²) in [5, 5.41) is 6.62. The van der Waals surface area contributed by atoms with Crippen molar-refractivity contribution in [3.63, 3.8) is 0 Å². The number of alkyl halides is 8. The third kappa shape index (κ3) is 9.79. The lowest BCUT2D eigenvalue weighted by molar-refractivity contribution is -0.194. The molecule has 0 aliphatic carbocycles. The lowest BCUT2D eigenvalue weighted by atomic mass is 10.4. The molecule has 0 aromatic rings. The molecule has 27 heavy (non-hydrogen) atoms. The molecule has 0 heterocycles. The van der Waals surface area contributed by atoms with Crippen molar-refractivity contribution in [2.75, 3.05) is 13.2 Å². The smallest absolute Gasteiger partial charge is 0.396 e. The highest BCUT2D eigenvalue weighted by atomic mass is 32.2. The zero-order valence-electron chi connectivity index (χ0n) is 13.4. The molecule has 0 bridgehead atoms. The van der Waals surface area contributed by atoms with Crippen molar-refractivity contribution in [2.24, 2.45) is 0 Å². The molecule has 168 valence electrons. The first kappa shape index (κ1) is 30.9. The first-order valence-corrected chi connectivity index (χ1v) is 8.96. The quantitative estimate of drug-likeness (QED) is 0.359. The summed E-state index contributed by atoms with van der Waals surface area (Å²) in [5.41, 5.74) is 0. The van der Waals surface area contributed by atoms with Gasteiger partial charge in [-0.2, -0.15) is 43.2 Å². The van der Waals surface area contributed by atoms with Crippen LogP contribution in [0.25, 0.3) is 0 Å². The monoisotopic (exact) mass is 468 g/mol. The molecule has 2 unspecified atom stereocenters. The second kappa shape index (κ2) is 10.1. The lowest BCUT2D eigenvalue weighted by Gasteiger charge is -2.19. The minimum Gasteiger partial charge on any atom is -0.396 e. The first-order chi connectivity index (χ1) is 11.4. The average Bonchev–Trinajstić information content (AvgIpc) is 2.35. The van der Waals surface area contributed by atoms with E-state index in [1.165, 1.54) is 0 Å². The van der Waals surface area contributed by atoms with Crippen LogP contribution in [0.5, 0.6) is 0 Å². The molecule has 0 saturated heterocycles. The van der Waals surface area contributed by atoms with Gasteiger partial charge in [0.05, 0.1) is 0 Å². The number of aliphatic hydroxyl groups excluding tert-OH is 2. The number of hydrogen-bond acceptors (Lipinski definition) is 6. The maximum atomic E-state index is 12.1. The summed E-state index contributed by atoms with van der Waals surface area (Å²) in [5.74, 6) is 0. The van der Waals surface area contributed by atoms with Crippen LogP contribution in [0.1, 0.15) is 20.3 Å². The Hall–Kier alpha value is -0.820. The minimum atomic E-state index is -5.75. The number of hydrogen-bond donors (Lipinski definition) is 4. The second-order valence-corrected chi connectivity index (χ2v) is 8.01. The Morgan fingerprint density at radius 3 is 0.815 bits per heavy atom. The molecular weight excluding hydrogens is 452 g/mol. The van der Waals surface area contributed by atoms with E-state index in [2.05, 4.69) is 0 Å². The summed E-state index contributed by atoms with van der Waals surface area (Å²) in [6.45, 7) is -0.363. The van der Waals surface area contributed by atoms with Gasteiger partial charge in [-0.05, 0) is 20.3 Å². The van der Waals surface area contributed by atoms with Gasteiger partial charge in [0.15, 0.2) is 0 Å². The SMILES string of the molecule is CC(F)(C(F)(F)F)S(=O)(=O)O.CC(F)(C(F)(F)F)S(=O)(=O)O.OCCCO.